The number of fused-ring (bicyclic) bond motifs is 1. The summed E-state index contributed by atoms with van der Waals surface area (Å²) in [6.07, 6.45) is 5.12. The van der Waals surface area contributed by atoms with Gasteiger partial charge in [-0.15, -0.1) is 0 Å². The summed E-state index contributed by atoms with van der Waals surface area (Å²) in [5.74, 6) is 1.71. The predicted octanol–water partition coefficient (Wildman–Crippen LogP) is 3.07. The summed E-state index contributed by atoms with van der Waals surface area (Å²) in [6.45, 7) is 5.22. The number of hydrogen-bond donors (Lipinski definition) is 1. The zero-order valence-electron chi connectivity index (χ0n) is 12.8. The van der Waals surface area contributed by atoms with E-state index >= 15 is 0 Å². The third-order valence-electron chi connectivity index (χ3n) is 4.18. The molecule has 1 N–H and O–H groups in total. The Bertz CT molecular complexity index is 459. The van der Waals surface area contributed by atoms with Crippen molar-refractivity contribution in [1.82, 2.24) is 5.32 Å². The summed E-state index contributed by atoms with van der Waals surface area (Å²) in [5, 5.41) is 3.50. The highest BCUT2D eigenvalue weighted by molar-refractivity contribution is 5.44. The molecule has 0 aromatic heterocycles. The van der Waals surface area contributed by atoms with Gasteiger partial charge in [0, 0.05) is 6.42 Å². The van der Waals surface area contributed by atoms with E-state index in [4.69, 9.17) is 14.2 Å². The van der Waals surface area contributed by atoms with Crippen molar-refractivity contribution in [2.24, 2.45) is 0 Å². The van der Waals surface area contributed by atoms with Crippen molar-refractivity contribution in [3.8, 4) is 11.5 Å². The molecule has 3 rings (SSSR count). The summed E-state index contributed by atoms with van der Waals surface area (Å²) < 4.78 is 17.5. The van der Waals surface area contributed by atoms with E-state index in [9.17, 15) is 0 Å². The van der Waals surface area contributed by atoms with Crippen LogP contribution in [-0.2, 0) is 4.74 Å². The van der Waals surface area contributed by atoms with E-state index in [2.05, 4.69) is 24.4 Å². The van der Waals surface area contributed by atoms with Crippen LogP contribution in [0.2, 0.25) is 0 Å². The fourth-order valence-corrected chi connectivity index (χ4v) is 2.69. The number of ether oxygens (including phenoxy) is 3. The van der Waals surface area contributed by atoms with Crippen molar-refractivity contribution in [3.05, 3.63) is 23.8 Å². The van der Waals surface area contributed by atoms with Gasteiger partial charge in [0.15, 0.2) is 11.5 Å². The van der Waals surface area contributed by atoms with Gasteiger partial charge in [-0.1, -0.05) is 13.0 Å². The van der Waals surface area contributed by atoms with Gasteiger partial charge in [0.25, 0.3) is 0 Å². The minimum atomic E-state index is 0.216. The van der Waals surface area contributed by atoms with Crippen LogP contribution in [0.25, 0.3) is 0 Å². The first kappa shape index (κ1) is 14.7. The fourth-order valence-electron chi connectivity index (χ4n) is 2.69. The minimum Gasteiger partial charge on any atom is -0.490 e. The molecule has 4 nitrogen and oxygen atoms in total. The van der Waals surface area contributed by atoms with E-state index in [0.717, 1.165) is 44.3 Å². The lowest BCUT2D eigenvalue weighted by atomic mass is 9.96. The first-order chi connectivity index (χ1) is 10.4. The molecular weight excluding hydrogens is 266 g/mol. The van der Waals surface area contributed by atoms with Crippen molar-refractivity contribution in [3.63, 3.8) is 0 Å². The summed E-state index contributed by atoms with van der Waals surface area (Å²) in [6, 6.07) is 6.44. The molecule has 4 heteroatoms. The molecule has 2 aliphatic rings. The van der Waals surface area contributed by atoms with E-state index in [1.165, 1.54) is 24.8 Å². The normalized spacial score (nSPS) is 19.7. The minimum absolute atomic E-state index is 0.216. The van der Waals surface area contributed by atoms with Crippen LogP contribution in [0.15, 0.2) is 18.2 Å². The van der Waals surface area contributed by atoms with Crippen LogP contribution in [0, 0.1) is 0 Å². The lowest BCUT2D eigenvalue weighted by molar-refractivity contribution is -0.00862. The Balaban J connectivity index is 1.69. The molecule has 1 fully saturated rings. The van der Waals surface area contributed by atoms with E-state index < -0.39 is 0 Å². The number of rotatable bonds is 6. The largest absolute Gasteiger partial charge is 0.490 e. The highest BCUT2D eigenvalue weighted by Gasteiger charge is 2.21. The van der Waals surface area contributed by atoms with Crippen LogP contribution in [-0.4, -0.2) is 32.5 Å². The van der Waals surface area contributed by atoms with Crippen LogP contribution in [0.3, 0.4) is 0 Å². The molecule has 1 aromatic rings. The average molecular weight is 291 g/mol. The predicted molar refractivity (Wildman–Crippen MR) is 82.1 cm³/mol. The molecule has 0 amide bonds. The molecule has 1 aliphatic carbocycles. The first-order valence-electron chi connectivity index (χ1n) is 8.11. The van der Waals surface area contributed by atoms with Crippen molar-refractivity contribution in [2.45, 2.75) is 44.8 Å². The van der Waals surface area contributed by atoms with Gasteiger partial charge in [-0.25, -0.2) is 0 Å². The molecule has 1 heterocycles. The molecule has 1 aliphatic heterocycles. The fraction of sp³-hybridized carbons (Fsp3) is 0.647. The number of likely N-dealkylation sites (N-methyl/N-ethyl adjacent to an activating group) is 1. The molecule has 116 valence electrons. The molecule has 1 unspecified atom stereocenters. The van der Waals surface area contributed by atoms with Gasteiger partial charge in [-0.05, 0) is 43.5 Å². The van der Waals surface area contributed by atoms with Gasteiger partial charge in [-0.3, -0.25) is 0 Å². The SMILES string of the molecule is CCNC(COC1CCC1)c1ccc2c(c1)OCCCO2. The summed E-state index contributed by atoms with van der Waals surface area (Å²) in [5.41, 5.74) is 1.21. The Kier molecular flexibility index (Phi) is 4.99. The third-order valence-corrected chi connectivity index (χ3v) is 4.18. The van der Waals surface area contributed by atoms with E-state index in [0.29, 0.717) is 6.10 Å². The van der Waals surface area contributed by atoms with Crippen molar-refractivity contribution < 1.29 is 14.2 Å². The molecule has 1 aromatic carbocycles. The van der Waals surface area contributed by atoms with Gasteiger partial charge in [0.2, 0.25) is 0 Å². The Labute approximate surface area is 126 Å². The Morgan fingerprint density at radius 3 is 2.71 bits per heavy atom. The standard InChI is InChI=1S/C17H25NO3/c1-2-18-15(12-21-14-5-3-6-14)13-7-8-16-17(11-13)20-10-4-9-19-16/h7-8,11,14-15,18H,2-6,9-10,12H2,1H3. The second kappa shape index (κ2) is 7.14. The van der Waals surface area contributed by atoms with Gasteiger partial charge in [0.05, 0.1) is 32.0 Å². The second-order valence-electron chi connectivity index (χ2n) is 5.75. The molecule has 21 heavy (non-hydrogen) atoms. The molecule has 1 atom stereocenters. The maximum absolute atomic E-state index is 5.98. The topological polar surface area (TPSA) is 39.7 Å². The Morgan fingerprint density at radius 2 is 2.00 bits per heavy atom. The Morgan fingerprint density at radius 1 is 1.19 bits per heavy atom. The monoisotopic (exact) mass is 291 g/mol. The van der Waals surface area contributed by atoms with Gasteiger partial charge < -0.3 is 19.5 Å². The maximum Gasteiger partial charge on any atom is 0.161 e. The van der Waals surface area contributed by atoms with Gasteiger partial charge >= 0.3 is 0 Å². The highest BCUT2D eigenvalue weighted by Crippen LogP contribution is 2.33. The van der Waals surface area contributed by atoms with Crippen molar-refractivity contribution in [1.29, 1.82) is 0 Å². The smallest absolute Gasteiger partial charge is 0.161 e. The zero-order chi connectivity index (χ0) is 14.5. The quantitative estimate of drug-likeness (QED) is 0.874. The summed E-state index contributed by atoms with van der Waals surface area (Å²) in [7, 11) is 0. The van der Waals surface area contributed by atoms with Crippen molar-refractivity contribution in [2.75, 3.05) is 26.4 Å². The highest BCUT2D eigenvalue weighted by atomic mass is 16.5. The van der Waals surface area contributed by atoms with Gasteiger partial charge in [0.1, 0.15) is 0 Å². The lowest BCUT2D eigenvalue weighted by Crippen LogP contribution is -2.30. The summed E-state index contributed by atoms with van der Waals surface area (Å²) >= 11 is 0. The molecule has 0 saturated heterocycles. The van der Waals surface area contributed by atoms with Gasteiger partial charge in [-0.2, -0.15) is 0 Å². The van der Waals surface area contributed by atoms with Crippen LogP contribution in [0.4, 0.5) is 0 Å². The molecular formula is C17H25NO3. The van der Waals surface area contributed by atoms with Crippen LogP contribution in [0.1, 0.15) is 44.2 Å². The molecule has 0 radical (unpaired) electrons. The maximum atomic E-state index is 5.98. The van der Waals surface area contributed by atoms with E-state index in [1.54, 1.807) is 0 Å². The zero-order valence-corrected chi connectivity index (χ0v) is 12.8. The first-order valence-corrected chi connectivity index (χ1v) is 8.11. The van der Waals surface area contributed by atoms with E-state index in [-0.39, 0.29) is 6.04 Å². The van der Waals surface area contributed by atoms with Crippen LogP contribution >= 0.6 is 0 Å². The third kappa shape index (κ3) is 3.69. The second-order valence-corrected chi connectivity index (χ2v) is 5.75. The molecule has 0 spiro atoms. The number of nitrogens with one attached hydrogen (secondary N) is 1. The summed E-state index contributed by atoms with van der Waals surface area (Å²) in [4.78, 5) is 0. The van der Waals surface area contributed by atoms with Crippen LogP contribution in [0.5, 0.6) is 11.5 Å². The Hall–Kier alpha value is -1.26. The van der Waals surface area contributed by atoms with Crippen LogP contribution < -0.4 is 14.8 Å². The lowest BCUT2D eigenvalue weighted by Gasteiger charge is -2.28. The number of benzene rings is 1. The average Bonchev–Trinajstić information content (AvgIpc) is 2.69. The van der Waals surface area contributed by atoms with E-state index in [1.807, 2.05) is 6.07 Å². The molecule has 1 saturated carbocycles. The van der Waals surface area contributed by atoms with Crippen molar-refractivity contribution >= 4 is 0 Å². The number of hydrogen-bond acceptors (Lipinski definition) is 4. The molecule has 0 bridgehead atoms.